The van der Waals surface area contributed by atoms with Gasteiger partial charge in [-0.15, -0.1) is 12.3 Å². The van der Waals surface area contributed by atoms with E-state index in [9.17, 15) is 14.7 Å². The molecule has 0 spiro atoms. The smallest absolute Gasteiger partial charge is 0.323 e. The van der Waals surface area contributed by atoms with Crippen molar-refractivity contribution < 1.29 is 19.8 Å². The number of carboxylic acids is 1. The molecule has 6 heteroatoms. The van der Waals surface area contributed by atoms with Gasteiger partial charge in [0.05, 0.1) is 0 Å². The van der Waals surface area contributed by atoms with Crippen LogP contribution in [0, 0.1) is 12.3 Å². The summed E-state index contributed by atoms with van der Waals surface area (Å²) in [5.41, 5.74) is 0.378. The summed E-state index contributed by atoms with van der Waals surface area (Å²) in [5.74, 6) is 1.37. The summed E-state index contributed by atoms with van der Waals surface area (Å²) >= 11 is 0. The van der Waals surface area contributed by atoms with Gasteiger partial charge in [-0.2, -0.15) is 0 Å². The van der Waals surface area contributed by atoms with Gasteiger partial charge < -0.3 is 15.5 Å². The summed E-state index contributed by atoms with van der Waals surface area (Å²) in [5, 5.41) is 20.9. The lowest BCUT2D eigenvalue weighted by molar-refractivity contribution is -0.135. The lowest BCUT2D eigenvalue weighted by Crippen LogP contribution is -2.46. The largest absolute Gasteiger partial charge is 0.508 e. The third-order valence-electron chi connectivity index (χ3n) is 2.88. The number of carbonyl (C=O) groups excluding carboxylic acids is 1. The number of carboxylic acid groups (broad SMARTS) is 1. The molecule has 0 saturated heterocycles. The van der Waals surface area contributed by atoms with E-state index in [2.05, 4.69) is 11.2 Å². The Balaban J connectivity index is 2.91. The molecule has 0 aliphatic carbocycles. The standard InChI is InChI=1S/C15H18N2O4/c1-3-5-11(4-2)16-15(21)17(10-14(19)20)12-6-8-13(18)9-7-12/h1,6-9,11,18H,4-5,10H2,2H3,(H,16,21)(H,19,20). The minimum Gasteiger partial charge on any atom is -0.508 e. The van der Waals surface area contributed by atoms with Crippen LogP contribution in [0.1, 0.15) is 19.8 Å². The molecule has 2 amide bonds. The highest BCUT2D eigenvalue weighted by atomic mass is 16.4. The Morgan fingerprint density at radius 3 is 2.48 bits per heavy atom. The molecule has 0 fully saturated rings. The third-order valence-corrected chi connectivity index (χ3v) is 2.88. The van der Waals surface area contributed by atoms with Crippen LogP contribution in [0.4, 0.5) is 10.5 Å². The van der Waals surface area contributed by atoms with Crippen molar-refractivity contribution in [3.63, 3.8) is 0 Å². The molecule has 1 aromatic rings. The Bertz CT molecular complexity index is 534. The van der Waals surface area contributed by atoms with Crippen LogP contribution in [0.25, 0.3) is 0 Å². The van der Waals surface area contributed by atoms with Gasteiger partial charge in [-0.05, 0) is 30.7 Å². The van der Waals surface area contributed by atoms with Crippen LogP contribution in [0.15, 0.2) is 24.3 Å². The van der Waals surface area contributed by atoms with E-state index in [1.165, 1.54) is 24.3 Å². The fourth-order valence-electron chi connectivity index (χ4n) is 1.74. The lowest BCUT2D eigenvalue weighted by atomic mass is 10.1. The molecule has 0 aliphatic rings. The first kappa shape index (κ1) is 16.4. The zero-order chi connectivity index (χ0) is 15.8. The van der Waals surface area contributed by atoms with E-state index >= 15 is 0 Å². The number of amides is 2. The van der Waals surface area contributed by atoms with Crippen LogP contribution < -0.4 is 10.2 Å². The number of phenolic OH excluding ortho intramolecular Hbond substituents is 1. The van der Waals surface area contributed by atoms with Gasteiger partial charge in [-0.1, -0.05) is 6.92 Å². The maximum absolute atomic E-state index is 12.2. The van der Waals surface area contributed by atoms with Gasteiger partial charge in [0.1, 0.15) is 12.3 Å². The van der Waals surface area contributed by atoms with Gasteiger partial charge in [0.2, 0.25) is 0 Å². The van der Waals surface area contributed by atoms with Crippen molar-refractivity contribution >= 4 is 17.7 Å². The maximum Gasteiger partial charge on any atom is 0.323 e. The molecule has 1 rings (SSSR count). The summed E-state index contributed by atoms with van der Waals surface area (Å²) in [7, 11) is 0. The van der Waals surface area contributed by atoms with E-state index in [1.54, 1.807) is 0 Å². The van der Waals surface area contributed by atoms with E-state index in [0.717, 1.165) is 4.90 Å². The molecule has 1 unspecified atom stereocenters. The first-order chi connectivity index (χ1) is 9.97. The van der Waals surface area contributed by atoms with Crippen molar-refractivity contribution in [3.05, 3.63) is 24.3 Å². The molecular formula is C15H18N2O4. The molecule has 0 radical (unpaired) electrons. The number of benzene rings is 1. The van der Waals surface area contributed by atoms with Crippen LogP contribution in [0.3, 0.4) is 0 Å². The molecule has 1 atom stereocenters. The number of anilines is 1. The number of aliphatic carboxylic acids is 1. The molecule has 0 aromatic heterocycles. The molecule has 0 saturated carbocycles. The van der Waals surface area contributed by atoms with E-state index in [-0.39, 0.29) is 11.8 Å². The highest BCUT2D eigenvalue weighted by Crippen LogP contribution is 2.18. The van der Waals surface area contributed by atoms with Crippen LogP contribution in [0.5, 0.6) is 5.75 Å². The summed E-state index contributed by atoms with van der Waals surface area (Å²) in [4.78, 5) is 24.2. The normalized spacial score (nSPS) is 11.2. The second-order valence-corrected chi connectivity index (χ2v) is 4.46. The molecule has 0 aliphatic heterocycles. The second kappa shape index (κ2) is 7.80. The van der Waals surface area contributed by atoms with Crippen LogP contribution in [-0.4, -0.2) is 34.8 Å². The summed E-state index contributed by atoms with van der Waals surface area (Å²) in [6.07, 6.45) is 6.25. The lowest BCUT2D eigenvalue weighted by Gasteiger charge is -2.24. The van der Waals surface area contributed by atoms with Crippen molar-refractivity contribution in [2.75, 3.05) is 11.4 Å². The van der Waals surface area contributed by atoms with Gasteiger partial charge in [-0.25, -0.2) is 4.79 Å². The average Bonchev–Trinajstić information content (AvgIpc) is 2.45. The van der Waals surface area contributed by atoms with Gasteiger partial charge in [0.15, 0.2) is 0 Å². The van der Waals surface area contributed by atoms with Crippen molar-refractivity contribution in [2.24, 2.45) is 0 Å². The summed E-state index contributed by atoms with van der Waals surface area (Å²) < 4.78 is 0. The molecule has 1 aromatic carbocycles. The number of nitrogens with one attached hydrogen (secondary N) is 1. The highest BCUT2D eigenvalue weighted by molar-refractivity contribution is 5.96. The van der Waals surface area contributed by atoms with Gasteiger partial charge in [0, 0.05) is 18.2 Å². The minimum absolute atomic E-state index is 0.0354. The predicted octanol–water partition coefficient (Wildman–Crippen LogP) is 1.79. The Kier molecular flexibility index (Phi) is 6.08. The number of phenols is 1. The molecule has 112 valence electrons. The molecule has 0 heterocycles. The van der Waals surface area contributed by atoms with Crippen LogP contribution in [-0.2, 0) is 4.79 Å². The number of terminal acetylenes is 1. The van der Waals surface area contributed by atoms with E-state index in [1.807, 2.05) is 6.92 Å². The number of rotatable bonds is 6. The molecule has 21 heavy (non-hydrogen) atoms. The number of carbonyl (C=O) groups is 2. The number of aromatic hydroxyl groups is 1. The van der Waals surface area contributed by atoms with Crippen molar-refractivity contribution in [2.45, 2.75) is 25.8 Å². The number of urea groups is 1. The molecular weight excluding hydrogens is 272 g/mol. The van der Waals surface area contributed by atoms with Crippen molar-refractivity contribution in [1.29, 1.82) is 0 Å². The molecule has 6 nitrogen and oxygen atoms in total. The van der Waals surface area contributed by atoms with E-state index in [4.69, 9.17) is 11.5 Å². The van der Waals surface area contributed by atoms with Crippen molar-refractivity contribution in [1.82, 2.24) is 5.32 Å². The van der Waals surface area contributed by atoms with Crippen LogP contribution in [0.2, 0.25) is 0 Å². The molecule has 3 N–H and O–H groups in total. The third kappa shape index (κ3) is 5.07. The highest BCUT2D eigenvalue weighted by Gasteiger charge is 2.20. The Labute approximate surface area is 123 Å². The monoisotopic (exact) mass is 290 g/mol. The maximum atomic E-state index is 12.2. The Morgan fingerprint density at radius 1 is 1.38 bits per heavy atom. The number of hydrogen-bond acceptors (Lipinski definition) is 3. The Morgan fingerprint density at radius 2 is 2.00 bits per heavy atom. The van der Waals surface area contributed by atoms with Crippen molar-refractivity contribution in [3.8, 4) is 18.1 Å². The number of nitrogens with zero attached hydrogens (tertiary/aromatic N) is 1. The van der Waals surface area contributed by atoms with Gasteiger partial charge >= 0.3 is 12.0 Å². The number of hydrogen-bond donors (Lipinski definition) is 3. The fourth-order valence-corrected chi connectivity index (χ4v) is 1.74. The Hall–Kier alpha value is -2.68. The summed E-state index contributed by atoms with van der Waals surface area (Å²) in [6.45, 7) is 1.40. The average molecular weight is 290 g/mol. The summed E-state index contributed by atoms with van der Waals surface area (Å²) in [6, 6.07) is 4.97. The fraction of sp³-hybridized carbons (Fsp3) is 0.333. The molecule has 0 bridgehead atoms. The van der Waals surface area contributed by atoms with Gasteiger partial charge in [0.25, 0.3) is 0 Å². The first-order valence-electron chi connectivity index (χ1n) is 6.50. The van der Waals surface area contributed by atoms with Gasteiger partial charge in [-0.3, -0.25) is 9.69 Å². The van der Waals surface area contributed by atoms with E-state index < -0.39 is 18.5 Å². The minimum atomic E-state index is -1.14. The zero-order valence-electron chi connectivity index (χ0n) is 11.7. The first-order valence-corrected chi connectivity index (χ1v) is 6.50. The second-order valence-electron chi connectivity index (χ2n) is 4.46. The topological polar surface area (TPSA) is 89.9 Å². The SMILES string of the molecule is C#CCC(CC)NC(=O)N(CC(=O)O)c1ccc(O)cc1. The van der Waals surface area contributed by atoms with E-state index in [0.29, 0.717) is 18.5 Å². The zero-order valence-corrected chi connectivity index (χ0v) is 11.7. The quantitative estimate of drug-likeness (QED) is 0.697. The predicted molar refractivity (Wildman–Crippen MR) is 79.1 cm³/mol. The van der Waals surface area contributed by atoms with Crippen LogP contribution >= 0.6 is 0 Å².